The molecule has 0 N–H and O–H groups in total. The second-order valence-corrected chi connectivity index (χ2v) is 5.89. The van der Waals surface area contributed by atoms with Gasteiger partial charge in [0.1, 0.15) is 23.8 Å². The number of nitrogens with zero attached hydrogens (tertiary/aromatic N) is 5. The van der Waals surface area contributed by atoms with Crippen molar-refractivity contribution in [3.8, 4) is 0 Å². The summed E-state index contributed by atoms with van der Waals surface area (Å²) in [6.45, 7) is 6.72. The first kappa shape index (κ1) is 13.7. The fourth-order valence-corrected chi connectivity index (χ4v) is 3.21. The standard InChI is InChI=1S/C13H19N5OS/c1-11-8-20-13(16-11)12-7-17(5-6-19-12)3-2-4-18-10-14-9-15-18/h8-10,12H,2-7H2,1H3/t12-/m1/s1. The zero-order valence-corrected chi connectivity index (χ0v) is 12.4. The van der Waals surface area contributed by atoms with Crippen LogP contribution >= 0.6 is 11.3 Å². The topological polar surface area (TPSA) is 56.1 Å². The van der Waals surface area contributed by atoms with Crippen LogP contribution in [0.3, 0.4) is 0 Å². The molecule has 0 radical (unpaired) electrons. The summed E-state index contributed by atoms with van der Waals surface area (Å²) in [7, 11) is 0. The van der Waals surface area contributed by atoms with E-state index in [4.69, 9.17) is 4.74 Å². The van der Waals surface area contributed by atoms with Gasteiger partial charge >= 0.3 is 0 Å². The van der Waals surface area contributed by atoms with Crippen molar-refractivity contribution in [1.29, 1.82) is 0 Å². The molecule has 6 nitrogen and oxygen atoms in total. The first-order valence-electron chi connectivity index (χ1n) is 6.89. The SMILES string of the molecule is Cc1csc([C@H]2CN(CCCn3cncn3)CCO2)n1. The molecule has 0 aliphatic carbocycles. The first-order chi connectivity index (χ1) is 9.81. The number of morpholine rings is 1. The zero-order valence-electron chi connectivity index (χ0n) is 11.6. The molecule has 0 saturated carbocycles. The predicted octanol–water partition coefficient (Wildman–Crippen LogP) is 1.51. The monoisotopic (exact) mass is 293 g/mol. The number of rotatable bonds is 5. The van der Waals surface area contributed by atoms with Gasteiger partial charge in [0, 0.05) is 37.3 Å². The number of thiazole rings is 1. The van der Waals surface area contributed by atoms with Crippen LogP contribution in [-0.2, 0) is 11.3 Å². The lowest BCUT2D eigenvalue weighted by Gasteiger charge is -2.31. The van der Waals surface area contributed by atoms with Crippen LogP contribution in [0.4, 0.5) is 0 Å². The van der Waals surface area contributed by atoms with E-state index < -0.39 is 0 Å². The van der Waals surface area contributed by atoms with Crippen molar-refractivity contribution in [2.24, 2.45) is 0 Å². The second-order valence-electron chi connectivity index (χ2n) is 5.00. The Bertz CT molecular complexity index is 527. The summed E-state index contributed by atoms with van der Waals surface area (Å²) in [6.07, 6.45) is 4.55. The normalized spacial score (nSPS) is 20.4. The van der Waals surface area contributed by atoms with E-state index in [0.717, 1.165) is 49.9 Å². The van der Waals surface area contributed by atoms with E-state index in [0.29, 0.717) is 0 Å². The number of aromatic nitrogens is 4. The molecule has 1 fully saturated rings. The smallest absolute Gasteiger partial charge is 0.137 e. The minimum absolute atomic E-state index is 0.133. The largest absolute Gasteiger partial charge is 0.368 e. The second kappa shape index (κ2) is 6.43. The average Bonchev–Trinajstić information content (AvgIpc) is 3.11. The molecule has 7 heteroatoms. The van der Waals surface area contributed by atoms with E-state index in [1.165, 1.54) is 0 Å². The molecule has 2 aromatic rings. The highest BCUT2D eigenvalue weighted by atomic mass is 32.1. The maximum absolute atomic E-state index is 5.84. The quantitative estimate of drug-likeness (QED) is 0.836. The maximum atomic E-state index is 5.84. The lowest BCUT2D eigenvalue weighted by atomic mass is 10.2. The Hall–Kier alpha value is -1.31. The van der Waals surface area contributed by atoms with Crippen molar-refractivity contribution in [2.45, 2.75) is 26.0 Å². The third-order valence-corrected chi connectivity index (χ3v) is 4.45. The van der Waals surface area contributed by atoms with Crippen LogP contribution in [0.15, 0.2) is 18.0 Å². The highest BCUT2D eigenvalue weighted by Crippen LogP contribution is 2.25. The highest BCUT2D eigenvalue weighted by Gasteiger charge is 2.23. The number of ether oxygens (including phenoxy) is 1. The van der Waals surface area contributed by atoms with Crippen LogP contribution < -0.4 is 0 Å². The predicted molar refractivity (Wildman–Crippen MR) is 76.6 cm³/mol. The molecular weight excluding hydrogens is 274 g/mol. The Kier molecular flexibility index (Phi) is 4.39. The average molecular weight is 293 g/mol. The van der Waals surface area contributed by atoms with Crippen LogP contribution in [0, 0.1) is 6.92 Å². The fourth-order valence-electron chi connectivity index (χ4n) is 2.38. The van der Waals surface area contributed by atoms with Gasteiger partial charge in [0.2, 0.25) is 0 Å². The first-order valence-corrected chi connectivity index (χ1v) is 7.77. The number of hydrogen-bond acceptors (Lipinski definition) is 6. The molecule has 1 aliphatic heterocycles. The van der Waals surface area contributed by atoms with E-state index in [2.05, 4.69) is 25.3 Å². The third kappa shape index (κ3) is 3.41. The zero-order chi connectivity index (χ0) is 13.8. The molecule has 1 saturated heterocycles. The molecule has 0 amide bonds. The lowest BCUT2D eigenvalue weighted by molar-refractivity contribution is -0.0306. The Labute approximate surface area is 122 Å². The van der Waals surface area contributed by atoms with Crippen molar-refractivity contribution in [3.05, 3.63) is 28.7 Å². The van der Waals surface area contributed by atoms with Crippen molar-refractivity contribution < 1.29 is 4.74 Å². The Morgan fingerprint density at radius 2 is 2.40 bits per heavy atom. The van der Waals surface area contributed by atoms with E-state index in [1.807, 2.05) is 11.6 Å². The van der Waals surface area contributed by atoms with Gasteiger partial charge < -0.3 is 4.74 Å². The minimum atomic E-state index is 0.133. The van der Waals surface area contributed by atoms with Gasteiger partial charge in [-0.25, -0.2) is 9.97 Å². The highest BCUT2D eigenvalue weighted by molar-refractivity contribution is 7.09. The van der Waals surface area contributed by atoms with Gasteiger partial charge in [0.25, 0.3) is 0 Å². The summed E-state index contributed by atoms with van der Waals surface area (Å²) >= 11 is 1.69. The number of aryl methyl sites for hydroxylation is 2. The van der Waals surface area contributed by atoms with Crippen LogP contribution in [0.1, 0.15) is 23.2 Å². The molecule has 0 unspecified atom stereocenters. The van der Waals surface area contributed by atoms with Gasteiger partial charge in [-0.05, 0) is 13.3 Å². The molecule has 108 valence electrons. The van der Waals surface area contributed by atoms with Crippen molar-refractivity contribution in [2.75, 3.05) is 26.2 Å². The molecule has 1 aliphatic rings. The molecule has 3 heterocycles. The van der Waals surface area contributed by atoms with E-state index in [1.54, 1.807) is 24.0 Å². The van der Waals surface area contributed by atoms with E-state index in [-0.39, 0.29) is 6.10 Å². The molecule has 3 rings (SSSR count). The lowest BCUT2D eigenvalue weighted by Crippen LogP contribution is -2.39. The molecule has 0 aromatic carbocycles. The molecule has 0 spiro atoms. The van der Waals surface area contributed by atoms with Crippen LogP contribution in [0.5, 0.6) is 0 Å². The molecule has 20 heavy (non-hydrogen) atoms. The summed E-state index contributed by atoms with van der Waals surface area (Å²) in [5.74, 6) is 0. The molecule has 1 atom stereocenters. The summed E-state index contributed by atoms with van der Waals surface area (Å²) in [4.78, 5) is 10.9. The minimum Gasteiger partial charge on any atom is -0.368 e. The van der Waals surface area contributed by atoms with Gasteiger partial charge in [0.15, 0.2) is 0 Å². The summed E-state index contributed by atoms with van der Waals surface area (Å²) < 4.78 is 7.72. The Morgan fingerprint density at radius 3 is 3.15 bits per heavy atom. The fraction of sp³-hybridized carbons (Fsp3) is 0.615. The summed E-state index contributed by atoms with van der Waals surface area (Å²) in [6, 6.07) is 0. The maximum Gasteiger partial charge on any atom is 0.137 e. The summed E-state index contributed by atoms with van der Waals surface area (Å²) in [5.41, 5.74) is 1.08. The van der Waals surface area contributed by atoms with Crippen molar-refractivity contribution in [1.82, 2.24) is 24.6 Å². The van der Waals surface area contributed by atoms with Crippen molar-refractivity contribution in [3.63, 3.8) is 0 Å². The van der Waals surface area contributed by atoms with E-state index >= 15 is 0 Å². The van der Waals surface area contributed by atoms with Crippen LogP contribution in [-0.4, -0.2) is 50.9 Å². The summed E-state index contributed by atoms with van der Waals surface area (Å²) in [5, 5.41) is 7.30. The Morgan fingerprint density at radius 1 is 1.45 bits per heavy atom. The van der Waals surface area contributed by atoms with Crippen LogP contribution in [0.2, 0.25) is 0 Å². The van der Waals surface area contributed by atoms with Gasteiger partial charge in [-0.15, -0.1) is 11.3 Å². The third-order valence-electron chi connectivity index (χ3n) is 3.39. The van der Waals surface area contributed by atoms with E-state index in [9.17, 15) is 0 Å². The van der Waals surface area contributed by atoms with Gasteiger partial charge in [-0.1, -0.05) is 0 Å². The van der Waals surface area contributed by atoms with Crippen LogP contribution in [0.25, 0.3) is 0 Å². The molecular formula is C13H19N5OS. The molecule has 0 bridgehead atoms. The van der Waals surface area contributed by atoms with Gasteiger partial charge in [-0.3, -0.25) is 9.58 Å². The Balaban J connectivity index is 1.48. The van der Waals surface area contributed by atoms with Crippen molar-refractivity contribution >= 4 is 11.3 Å². The van der Waals surface area contributed by atoms with Gasteiger partial charge in [0.05, 0.1) is 6.61 Å². The molecule has 2 aromatic heterocycles. The number of hydrogen-bond donors (Lipinski definition) is 0. The van der Waals surface area contributed by atoms with Gasteiger partial charge in [-0.2, -0.15) is 5.10 Å².